The molecular formula is C14H20N2O12S2. The Bertz CT molecular complexity index is 558. The first-order valence-corrected chi connectivity index (χ1v) is 10.5. The molecule has 0 spiro atoms. The summed E-state index contributed by atoms with van der Waals surface area (Å²) in [5.41, 5.74) is 0. The molecule has 14 nitrogen and oxygen atoms in total. The van der Waals surface area contributed by atoms with Gasteiger partial charge >= 0.3 is 36.1 Å². The van der Waals surface area contributed by atoms with Crippen molar-refractivity contribution in [2.45, 2.75) is 0 Å². The van der Waals surface area contributed by atoms with Crippen molar-refractivity contribution in [1.29, 1.82) is 0 Å². The van der Waals surface area contributed by atoms with E-state index in [9.17, 15) is 28.8 Å². The van der Waals surface area contributed by atoms with Gasteiger partial charge < -0.3 is 29.9 Å². The van der Waals surface area contributed by atoms with Gasteiger partial charge in [-0.1, -0.05) is 21.6 Å². The predicted octanol–water partition coefficient (Wildman–Crippen LogP) is -0.417. The first kappa shape index (κ1) is 27.1. The Morgan fingerprint density at radius 2 is 0.833 bits per heavy atom. The molecule has 0 atom stereocenters. The van der Waals surface area contributed by atoms with E-state index < -0.39 is 62.2 Å². The van der Waals surface area contributed by atoms with E-state index in [1.165, 1.54) is 21.6 Å². The van der Waals surface area contributed by atoms with E-state index in [0.717, 1.165) is 0 Å². The third-order valence-electron chi connectivity index (χ3n) is 2.69. The van der Waals surface area contributed by atoms with Crippen molar-refractivity contribution in [3.63, 3.8) is 0 Å². The van der Waals surface area contributed by atoms with Crippen LogP contribution in [-0.2, 0) is 28.7 Å². The lowest BCUT2D eigenvalue weighted by molar-refractivity contribution is -0.143. The topological polar surface area (TPSA) is 208 Å². The zero-order valence-corrected chi connectivity index (χ0v) is 17.1. The molecule has 0 rings (SSSR count). The molecule has 4 N–H and O–H groups in total. The number of aliphatic carboxylic acids is 4. The largest absolute Gasteiger partial charge is 0.480 e. The number of amides is 2. The highest BCUT2D eigenvalue weighted by Gasteiger charge is 2.22. The highest BCUT2D eigenvalue weighted by molar-refractivity contribution is 8.76. The predicted molar refractivity (Wildman–Crippen MR) is 101 cm³/mol. The Kier molecular flexibility index (Phi) is 13.6. The number of carbonyl (C=O) groups is 6. The minimum Gasteiger partial charge on any atom is -0.480 e. The number of hydrogen-bond acceptors (Lipinski definition) is 10. The van der Waals surface area contributed by atoms with Gasteiger partial charge in [0.2, 0.25) is 0 Å². The molecule has 2 amide bonds. The van der Waals surface area contributed by atoms with E-state index in [4.69, 9.17) is 29.9 Å². The van der Waals surface area contributed by atoms with Crippen LogP contribution in [0.1, 0.15) is 0 Å². The highest BCUT2D eigenvalue weighted by Crippen LogP contribution is 2.20. The molecule has 0 aliphatic heterocycles. The first-order valence-electron chi connectivity index (χ1n) is 7.98. The van der Waals surface area contributed by atoms with Gasteiger partial charge in [0.15, 0.2) is 0 Å². The van der Waals surface area contributed by atoms with Crippen LogP contribution in [0.2, 0.25) is 0 Å². The van der Waals surface area contributed by atoms with Gasteiger partial charge in [-0.15, -0.1) is 0 Å². The molecule has 0 aliphatic carbocycles. The zero-order valence-electron chi connectivity index (χ0n) is 15.4. The summed E-state index contributed by atoms with van der Waals surface area (Å²) in [4.78, 5) is 66.8. The maximum atomic E-state index is 11.7. The number of carboxylic acid groups (broad SMARTS) is 4. The van der Waals surface area contributed by atoms with Crippen LogP contribution in [0.15, 0.2) is 0 Å². The second-order valence-electron chi connectivity index (χ2n) is 5.16. The molecule has 0 saturated carbocycles. The summed E-state index contributed by atoms with van der Waals surface area (Å²) in [5.74, 6) is -5.03. The third-order valence-corrected chi connectivity index (χ3v) is 5.02. The minimum atomic E-state index is -1.39. The third kappa shape index (κ3) is 14.2. The average molecular weight is 472 g/mol. The molecule has 0 fully saturated rings. The molecule has 0 saturated heterocycles. The van der Waals surface area contributed by atoms with Crippen molar-refractivity contribution in [2.24, 2.45) is 0 Å². The summed E-state index contributed by atoms with van der Waals surface area (Å²) in [6.07, 6.45) is -2.17. The summed E-state index contributed by atoms with van der Waals surface area (Å²) in [5, 5.41) is 34.6. The molecule has 0 radical (unpaired) electrons. The SMILES string of the molecule is O=C(O)CN(CC(=O)O)C(=O)OCCSSCCOC(=O)N(CC(=O)O)CC(=O)O. The van der Waals surface area contributed by atoms with Crippen LogP contribution in [0, 0.1) is 0 Å². The lowest BCUT2D eigenvalue weighted by atomic mass is 10.5. The Morgan fingerprint density at radius 3 is 1.07 bits per heavy atom. The molecule has 0 bridgehead atoms. The van der Waals surface area contributed by atoms with Gasteiger partial charge in [-0.25, -0.2) is 9.59 Å². The van der Waals surface area contributed by atoms with Crippen molar-refractivity contribution >= 4 is 57.7 Å². The van der Waals surface area contributed by atoms with Crippen LogP contribution in [0.4, 0.5) is 9.59 Å². The normalized spacial score (nSPS) is 10.0. The van der Waals surface area contributed by atoms with E-state index in [1.54, 1.807) is 0 Å². The maximum absolute atomic E-state index is 11.7. The molecule has 0 aromatic carbocycles. The fraction of sp³-hybridized carbons (Fsp3) is 0.571. The van der Waals surface area contributed by atoms with Crippen LogP contribution < -0.4 is 0 Å². The highest BCUT2D eigenvalue weighted by atomic mass is 33.1. The quantitative estimate of drug-likeness (QED) is 0.176. The van der Waals surface area contributed by atoms with E-state index in [0.29, 0.717) is 9.80 Å². The molecule has 0 aromatic heterocycles. The fourth-order valence-electron chi connectivity index (χ4n) is 1.65. The van der Waals surface area contributed by atoms with Crippen molar-refractivity contribution in [3.8, 4) is 0 Å². The van der Waals surface area contributed by atoms with Crippen molar-refractivity contribution in [3.05, 3.63) is 0 Å². The number of carbonyl (C=O) groups excluding carboxylic acids is 2. The van der Waals surface area contributed by atoms with Gasteiger partial charge in [-0.2, -0.15) is 0 Å². The fourth-order valence-corrected chi connectivity index (χ4v) is 3.30. The number of hydrogen-bond donors (Lipinski definition) is 4. The van der Waals surface area contributed by atoms with Crippen LogP contribution >= 0.6 is 21.6 Å². The van der Waals surface area contributed by atoms with E-state index in [2.05, 4.69) is 0 Å². The van der Waals surface area contributed by atoms with Crippen molar-refractivity contribution < 1.29 is 58.7 Å². The summed E-state index contributed by atoms with van der Waals surface area (Å²) in [6.45, 7) is -3.54. The van der Waals surface area contributed by atoms with Gasteiger partial charge in [0, 0.05) is 11.5 Å². The second kappa shape index (κ2) is 15.0. The van der Waals surface area contributed by atoms with Gasteiger partial charge in [-0.05, 0) is 0 Å². The number of nitrogens with zero attached hydrogens (tertiary/aromatic N) is 2. The van der Waals surface area contributed by atoms with E-state index in [-0.39, 0.29) is 24.7 Å². The molecule has 30 heavy (non-hydrogen) atoms. The monoisotopic (exact) mass is 472 g/mol. The molecule has 0 heterocycles. The summed E-state index contributed by atoms with van der Waals surface area (Å²) in [6, 6.07) is 0. The Morgan fingerprint density at radius 1 is 0.567 bits per heavy atom. The van der Waals surface area contributed by atoms with Gasteiger partial charge in [0.1, 0.15) is 39.4 Å². The molecule has 16 heteroatoms. The average Bonchev–Trinajstić information content (AvgIpc) is 2.60. The van der Waals surface area contributed by atoms with E-state index >= 15 is 0 Å². The first-order chi connectivity index (χ1) is 14.0. The summed E-state index contributed by atoms with van der Waals surface area (Å²) in [7, 11) is 2.42. The number of carboxylic acids is 4. The second-order valence-corrected chi connectivity index (χ2v) is 7.86. The molecular weight excluding hydrogens is 452 g/mol. The molecule has 0 unspecified atom stereocenters. The van der Waals surface area contributed by atoms with E-state index in [1.807, 2.05) is 0 Å². The van der Waals surface area contributed by atoms with Gasteiger partial charge in [0.05, 0.1) is 0 Å². The van der Waals surface area contributed by atoms with Gasteiger partial charge in [-0.3, -0.25) is 29.0 Å². The lowest BCUT2D eigenvalue weighted by Gasteiger charge is -2.18. The molecule has 170 valence electrons. The summed E-state index contributed by atoms with van der Waals surface area (Å²) >= 11 is 0. The van der Waals surface area contributed by atoms with Crippen LogP contribution in [-0.4, -0.2) is 117 Å². The minimum absolute atomic E-state index is 0.128. The summed E-state index contributed by atoms with van der Waals surface area (Å²) < 4.78 is 9.56. The molecule has 0 aromatic rings. The molecule has 0 aliphatic rings. The number of ether oxygens (including phenoxy) is 2. The van der Waals surface area contributed by atoms with Crippen LogP contribution in [0.25, 0.3) is 0 Å². The Balaban J connectivity index is 4.05. The lowest BCUT2D eigenvalue weighted by Crippen LogP contribution is -2.40. The van der Waals surface area contributed by atoms with Crippen LogP contribution in [0.3, 0.4) is 0 Å². The smallest absolute Gasteiger partial charge is 0.410 e. The van der Waals surface area contributed by atoms with Crippen molar-refractivity contribution in [2.75, 3.05) is 50.9 Å². The maximum Gasteiger partial charge on any atom is 0.410 e. The Hall–Kier alpha value is -2.88. The van der Waals surface area contributed by atoms with Crippen molar-refractivity contribution in [1.82, 2.24) is 9.80 Å². The van der Waals surface area contributed by atoms with Crippen LogP contribution in [0.5, 0.6) is 0 Å². The zero-order chi connectivity index (χ0) is 23.1. The standard InChI is InChI=1S/C14H20N2O12S2/c17-9(18)5-15(6-10(19)20)13(25)27-1-3-29-30-4-2-28-14(26)16(7-11(21)22)8-12(23)24/h1-8H2,(H,17,18)(H,19,20)(H,21,22)(H,23,24). The number of rotatable bonds is 15. The van der Waals surface area contributed by atoms with Gasteiger partial charge in [0.25, 0.3) is 0 Å². The Labute approximate surface area is 177 Å².